The minimum atomic E-state index is 0.0646. The molecule has 0 aliphatic carbocycles. The average Bonchev–Trinajstić information content (AvgIpc) is 2.74. The zero-order chi connectivity index (χ0) is 11.5. The van der Waals surface area contributed by atoms with E-state index >= 15 is 0 Å². The molecular weight excluding hydrogens is 240 g/mol. The van der Waals surface area contributed by atoms with E-state index in [0.717, 1.165) is 23.7 Å². The third-order valence-corrected chi connectivity index (χ3v) is 3.44. The van der Waals surface area contributed by atoms with Gasteiger partial charge in [0.25, 0.3) is 0 Å². The van der Waals surface area contributed by atoms with E-state index in [2.05, 4.69) is 4.90 Å². The molecule has 16 heavy (non-hydrogen) atoms. The maximum absolute atomic E-state index is 5.88. The molecule has 2 rings (SSSR count). The van der Waals surface area contributed by atoms with Gasteiger partial charge < -0.3 is 5.73 Å². The monoisotopic (exact) mass is 254 g/mol. The smallest absolute Gasteiger partial charge is 0.0948 e. The number of halogens is 1. The fourth-order valence-corrected chi connectivity index (χ4v) is 2.61. The quantitative estimate of drug-likeness (QED) is 0.842. The Hall–Kier alpha value is -0.640. The van der Waals surface area contributed by atoms with Crippen LogP contribution < -0.4 is 5.73 Å². The van der Waals surface area contributed by atoms with E-state index in [1.165, 1.54) is 12.8 Å². The molecule has 1 aliphatic rings. The van der Waals surface area contributed by atoms with Gasteiger partial charge in [-0.15, -0.1) is 0 Å². The molecule has 1 aromatic carbocycles. The summed E-state index contributed by atoms with van der Waals surface area (Å²) >= 11 is 11.0. The molecule has 0 bridgehead atoms. The van der Waals surface area contributed by atoms with Gasteiger partial charge in [0.2, 0.25) is 0 Å². The molecule has 1 unspecified atom stereocenters. The molecule has 0 spiro atoms. The van der Waals surface area contributed by atoms with Crippen molar-refractivity contribution in [3.05, 3.63) is 34.9 Å². The minimum absolute atomic E-state index is 0.0646. The number of hydrogen-bond donors (Lipinski definition) is 1. The molecule has 0 saturated carbocycles. The Morgan fingerprint density at radius 3 is 2.31 bits per heavy atom. The molecular formula is C12H15ClN2S. The number of nitrogens with two attached hydrogens (primary N) is 1. The van der Waals surface area contributed by atoms with Crippen LogP contribution in [0.3, 0.4) is 0 Å². The summed E-state index contributed by atoms with van der Waals surface area (Å²) in [5.41, 5.74) is 6.98. The zero-order valence-corrected chi connectivity index (χ0v) is 10.6. The van der Waals surface area contributed by atoms with Gasteiger partial charge in [-0.05, 0) is 43.6 Å². The van der Waals surface area contributed by atoms with Crippen molar-refractivity contribution >= 4 is 28.8 Å². The highest BCUT2D eigenvalue weighted by Crippen LogP contribution is 2.26. The van der Waals surface area contributed by atoms with Crippen LogP contribution in [0.1, 0.15) is 24.4 Å². The fourth-order valence-electron chi connectivity index (χ4n) is 2.20. The van der Waals surface area contributed by atoms with Crippen LogP contribution in [0.4, 0.5) is 0 Å². The van der Waals surface area contributed by atoms with Crippen molar-refractivity contribution in [2.75, 3.05) is 13.1 Å². The zero-order valence-electron chi connectivity index (χ0n) is 9.03. The van der Waals surface area contributed by atoms with Crippen molar-refractivity contribution in [3.63, 3.8) is 0 Å². The first kappa shape index (κ1) is 11.8. The second kappa shape index (κ2) is 5.13. The van der Waals surface area contributed by atoms with Gasteiger partial charge in [0.1, 0.15) is 0 Å². The van der Waals surface area contributed by atoms with Gasteiger partial charge in [-0.1, -0.05) is 36.0 Å². The Morgan fingerprint density at radius 1 is 1.25 bits per heavy atom. The van der Waals surface area contributed by atoms with Crippen LogP contribution in [-0.2, 0) is 0 Å². The number of benzene rings is 1. The molecule has 2 N–H and O–H groups in total. The van der Waals surface area contributed by atoms with Gasteiger partial charge in [0, 0.05) is 5.02 Å². The Kier molecular flexibility index (Phi) is 3.79. The normalized spacial score (nSPS) is 18.6. The van der Waals surface area contributed by atoms with E-state index in [1.54, 1.807) is 0 Å². The first-order valence-corrected chi connectivity index (χ1v) is 6.26. The van der Waals surface area contributed by atoms with Gasteiger partial charge >= 0.3 is 0 Å². The lowest BCUT2D eigenvalue weighted by atomic mass is 10.1. The maximum Gasteiger partial charge on any atom is 0.0948 e. The fraction of sp³-hybridized carbons (Fsp3) is 0.417. The first-order valence-electron chi connectivity index (χ1n) is 5.47. The second-order valence-corrected chi connectivity index (χ2v) is 5.01. The third-order valence-electron chi connectivity index (χ3n) is 2.96. The van der Waals surface area contributed by atoms with Gasteiger partial charge in [-0.2, -0.15) is 0 Å². The Labute approximate surface area is 106 Å². The first-order chi connectivity index (χ1) is 7.68. The maximum atomic E-state index is 5.88. The third kappa shape index (κ3) is 2.54. The summed E-state index contributed by atoms with van der Waals surface area (Å²) in [6, 6.07) is 7.85. The number of hydrogen-bond acceptors (Lipinski definition) is 2. The highest BCUT2D eigenvalue weighted by molar-refractivity contribution is 7.80. The topological polar surface area (TPSA) is 29.3 Å². The number of thiocarbonyl (C=S) groups is 1. The van der Waals surface area contributed by atoms with Crippen LogP contribution in [0.5, 0.6) is 0 Å². The van der Waals surface area contributed by atoms with Crippen LogP contribution >= 0.6 is 23.8 Å². The lowest BCUT2D eigenvalue weighted by molar-refractivity contribution is 0.305. The van der Waals surface area contributed by atoms with E-state index < -0.39 is 0 Å². The molecule has 0 amide bonds. The van der Waals surface area contributed by atoms with Gasteiger partial charge in [0.15, 0.2) is 0 Å². The number of rotatable bonds is 3. The van der Waals surface area contributed by atoms with Crippen LogP contribution in [0.15, 0.2) is 24.3 Å². The highest BCUT2D eigenvalue weighted by Gasteiger charge is 2.25. The second-order valence-electron chi connectivity index (χ2n) is 4.10. The van der Waals surface area contributed by atoms with E-state index in [0.29, 0.717) is 4.99 Å². The van der Waals surface area contributed by atoms with E-state index in [-0.39, 0.29) is 6.04 Å². The molecule has 1 heterocycles. The Morgan fingerprint density at radius 2 is 1.81 bits per heavy atom. The van der Waals surface area contributed by atoms with Crippen LogP contribution in [0, 0.1) is 0 Å². The van der Waals surface area contributed by atoms with Crippen molar-refractivity contribution in [3.8, 4) is 0 Å². The molecule has 0 aromatic heterocycles. The van der Waals surface area contributed by atoms with E-state index in [9.17, 15) is 0 Å². The summed E-state index contributed by atoms with van der Waals surface area (Å²) in [4.78, 5) is 2.88. The molecule has 1 aromatic rings. The molecule has 86 valence electrons. The van der Waals surface area contributed by atoms with Gasteiger partial charge in [0.05, 0.1) is 11.0 Å². The predicted molar refractivity (Wildman–Crippen MR) is 71.8 cm³/mol. The molecule has 1 saturated heterocycles. The minimum Gasteiger partial charge on any atom is -0.392 e. The summed E-state index contributed by atoms with van der Waals surface area (Å²) < 4.78 is 0. The lowest BCUT2D eigenvalue weighted by Gasteiger charge is -2.26. The molecule has 1 fully saturated rings. The van der Waals surface area contributed by atoms with Crippen LogP contribution in [0.2, 0.25) is 5.02 Å². The summed E-state index contributed by atoms with van der Waals surface area (Å²) in [6.45, 7) is 2.15. The highest BCUT2D eigenvalue weighted by atomic mass is 35.5. The standard InChI is InChI=1S/C12H15ClN2S/c13-10-5-3-9(4-6-10)11(12(14)16)15-7-1-2-8-15/h3-6,11H,1-2,7-8H2,(H2,14,16). The largest absolute Gasteiger partial charge is 0.392 e. The summed E-state index contributed by atoms with van der Waals surface area (Å²) in [7, 11) is 0. The van der Waals surface area contributed by atoms with Crippen molar-refractivity contribution in [1.82, 2.24) is 4.90 Å². The molecule has 2 nitrogen and oxygen atoms in total. The molecule has 1 atom stereocenters. The Bertz CT molecular complexity index is 371. The van der Waals surface area contributed by atoms with Crippen LogP contribution in [0.25, 0.3) is 0 Å². The molecule has 1 aliphatic heterocycles. The summed E-state index contributed by atoms with van der Waals surface area (Å²) in [6.07, 6.45) is 2.46. The van der Waals surface area contributed by atoms with Gasteiger partial charge in [-0.25, -0.2) is 0 Å². The molecule has 4 heteroatoms. The van der Waals surface area contributed by atoms with E-state index in [1.807, 2.05) is 24.3 Å². The van der Waals surface area contributed by atoms with E-state index in [4.69, 9.17) is 29.6 Å². The SMILES string of the molecule is NC(=S)C(c1ccc(Cl)cc1)N1CCCC1. The van der Waals surface area contributed by atoms with Gasteiger partial charge in [-0.3, -0.25) is 4.90 Å². The van der Waals surface area contributed by atoms with Crippen LogP contribution in [-0.4, -0.2) is 23.0 Å². The number of nitrogens with zero attached hydrogens (tertiary/aromatic N) is 1. The predicted octanol–water partition coefficient (Wildman–Crippen LogP) is 2.76. The van der Waals surface area contributed by atoms with Crippen molar-refractivity contribution in [1.29, 1.82) is 0 Å². The Balaban J connectivity index is 2.24. The summed E-state index contributed by atoms with van der Waals surface area (Å²) in [5.74, 6) is 0. The van der Waals surface area contributed by atoms with Crippen molar-refractivity contribution < 1.29 is 0 Å². The molecule has 0 radical (unpaired) electrons. The lowest BCUT2D eigenvalue weighted by Crippen LogP contribution is -2.34. The van der Waals surface area contributed by atoms with Crippen molar-refractivity contribution in [2.24, 2.45) is 5.73 Å². The van der Waals surface area contributed by atoms with Crippen molar-refractivity contribution in [2.45, 2.75) is 18.9 Å². The summed E-state index contributed by atoms with van der Waals surface area (Å²) in [5, 5.41) is 0.742. The number of likely N-dealkylation sites (tertiary alicyclic amines) is 1. The average molecular weight is 255 g/mol.